The van der Waals surface area contributed by atoms with E-state index in [1.807, 2.05) is 0 Å². The molecule has 0 unspecified atom stereocenters. The van der Waals surface area contributed by atoms with Crippen LogP contribution in [-0.2, 0) is 0 Å². The van der Waals surface area contributed by atoms with Crippen molar-refractivity contribution < 1.29 is 0 Å². The first-order valence-electron chi connectivity index (χ1n) is 19.6. The van der Waals surface area contributed by atoms with E-state index in [2.05, 4.69) is 226 Å². The van der Waals surface area contributed by atoms with Crippen LogP contribution < -0.4 is 0 Å². The Kier molecular flexibility index (Phi) is 6.93. The Morgan fingerprint density at radius 3 is 1.51 bits per heavy atom. The number of hydrogen-bond donors (Lipinski definition) is 0. The van der Waals surface area contributed by atoms with Crippen LogP contribution in [-0.4, -0.2) is 13.7 Å². The lowest BCUT2D eigenvalue weighted by Gasteiger charge is -2.15. The number of benzene rings is 9. The second kappa shape index (κ2) is 12.5. The van der Waals surface area contributed by atoms with E-state index in [0.29, 0.717) is 0 Å². The van der Waals surface area contributed by atoms with Gasteiger partial charge in [0, 0.05) is 49.3 Å². The molecule has 0 bridgehead atoms. The SMILES string of the molecule is c1ccc(-c2ccc(-n3c4ccccc4c4cc(-c5ccccc5-n5c6ccccc6c6ccc7c(c8ccccc8n7-c7ccccc7)c65)ccc43)cc2)cc1. The average molecular weight is 726 g/mol. The lowest BCUT2D eigenvalue weighted by molar-refractivity contribution is 1.17. The van der Waals surface area contributed by atoms with Crippen LogP contribution in [0.2, 0.25) is 0 Å². The summed E-state index contributed by atoms with van der Waals surface area (Å²) in [4.78, 5) is 0. The summed E-state index contributed by atoms with van der Waals surface area (Å²) in [5.41, 5.74) is 15.5. The van der Waals surface area contributed by atoms with E-state index in [1.165, 1.54) is 87.7 Å². The predicted octanol–water partition coefficient (Wildman–Crippen LogP) is 14.3. The molecule has 3 heteroatoms. The summed E-state index contributed by atoms with van der Waals surface area (Å²) in [5.74, 6) is 0. The maximum Gasteiger partial charge on any atom is 0.0641 e. The summed E-state index contributed by atoms with van der Waals surface area (Å²) in [6.07, 6.45) is 0. The highest BCUT2D eigenvalue weighted by atomic mass is 15.0. The smallest absolute Gasteiger partial charge is 0.0641 e. The number of fused-ring (bicyclic) bond motifs is 10. The number of nitrogens with zero attached hydrogens (tertiary/aromatic N) is 3. The number of rotatable bonds is 5. The van der Waals surface area contributed by atoms with Crippen molar-refractivity contribution in [2.45, 2.75) is 0 Å². The predicted molar refractivity (Wildman–Crippen MR) is 240 cm³/mol. The van der Waals surface area contributed by atoms with E-state index in [4.69, 9.17) is 0 Å². The second-order valence-corrected chi connectivity index (χ2v) is 14.9. The maximum absolute atomic E-state index is 2.52. The van der Waals surface area contributed by atoms with Crippen molar-refractivity contribution in [3.63, 3.8) is 0 Å². The number of hydrogen-bond acceptors (Lipinski definition) is 0. The normalized spacial score (nSPS) is 11.9. The van der Waals surface area contributed by atoms with Crippen molar-refractivity contribution in [2.24, 2.45) is 0 Å². The maximum atomic E-state index is 2.52. The molecular weight excluding hydrogens is 691 g/mol. The molecule has 3 heterocycles. The summed E-state index contributed by atoms with van der Waals surface area (Å²) >= 11 is 0. The largest absolute Gasteiger partial charge is 0.309 e. The monoisotopic (exact) mass is 725 g/mol. The van der Waals surface area contributed by atoms with Crippen LogP contribution in [0.1, 0.15) is 0 Å². The van der Waals surface area contributed by atoms with Gasteiger partial charge >= 0.3 is 0 Å². The fraction of sp³-hybridized carbons (Fsp3) is 0. The fourth-order valence-electron chi connectivity index (χ4n) is 9.38. The summed E-state index contributed by atoms with van der Waals surface area (Å²) in [6.45, 7) is 0. The zero-order valence-corrected chi connectivity index (χ0v) is 31.0. The highest BCUT2D eigenvalue weighted by Crippen LogP contribution is 2.44. The summed E-state index contributed by atoms with van der Waals surface area (Å²) < 4.78 is 7.34. The van der Waals surface area contributed by atoms with Gasteiger partial charge in [0.1, 0.15) is 0 Å². The van der Waals surface area contributed by atoms with E-state index in [0.717, 1.165) is 17.1 Å². The van der Waals surface area contributed by atoms with Crippen LogP contribution in [0.5, 0.6) is 0 Å². The van der Waals surface area contributed by atoms with Gasteiger partial charge in [-0.25, -0.2) is 0 Å². The van der Waals surface area contributed by atoms with Gasteiger partial charge in [0.05, 0.1) is 38.8 Å². The first kappa shape index (κ1) is 31.7. The number of para-hydroxylation sites is 5. The minimum Gasteiger partial charge on any atom is -0.309 e. The van der Waals surface area contributed by atoms with Gasteiger partial charge in [0.2, 0.25) is 0 Å². The molecule has 0 radical (unpaired) electrons. The lowest BCUT2D eigenvalue weighted by Crippen LogP contribution is -1.98. The molecule has 57 heavy (non-hydrogen) atoms. The molecule has 266 valence electrons. The molecule has 3 nitrogen and oxygen atoms in total. The first-order valence-corrected chi connectivity index (χ1v) is 19.6. The van der Waals surface area contributed by atoms with Gasteiger partial charge in [0.25, 0.3) is 0 Å². The average Bonchev–Trinajstić information content (AvgIpc) is 3.92. The Hall–Kier alpha value is -7.62. The van der Waals surface area contributed by atoms with E-state index in [1.54, 1.807) is 0 Å². The van der Waals surface area contributed by atoms with Gasteiger partial charge in [-0.2, -0.15) is 0 Å². The Morgan fingerprint density at radius 2 is 0.754 bits per heavy atom. The summed E-state index contributed by atoms with van der Waals surface area (Å²) in [5, 5.41) is 7.48. The Bertz CT molecular complexity index is 3490. The van der Waals surface area contributed by atoms with Gasteiger partial charge in [0.15, 0.2) is 0 Å². The molecule has 9 aromatic carbocycles. The van der Waals surface area contributed by atoms with Crippen LogP contribution in [0, 0.1) is 0 Å². The van der Waals surface area contributed by atoms with Crippen molar-refractivity contribution in [2.75, 3.05) is 0 Å². The van der Waals surface area contributed by atoms with Crippen LogP contribution in [0.4, 0.5) is 0 Å². The standard InChI is InChI=1S/C54H35N3/c1-3-15-36(16-4-1)37-27-30-40(31-28-37)55-48-24-12-9-21-43(48)46-35-38(29-33-51(46)55)41-19-7-11-23-47(41)57-49-25-13-8-20-42(49)44-32-34-52-53(54(44)57)45-22-10-14-26-50(45)56(52)39-17-5-2-6-18-39/h1-35H. The fourth-order valence-corrected chi connectivity index (χ4v) is 9.38. The third kappa shape index (κ3) is 4.73. The molecule has 0 amide bonds. The van der Waals surface area contributed by atoms with E-state index < -0.39 is 0 Å². The van der Waals surface area contributed by atoms with Gasteiger partial charge < -0.3 is 13.7 Å². The van der Waals surface area contributed by atoms with E-state index >= 15 is 0 Å². The summed E-state index contributed by atoms with van der Waals surface area (Å²) in [7, 11) is 0. The van der Waals surface area contributed by atoms with Gasteiger partial charge in [-0.15, -0.1) is 0 Å². The molecule has 0 saturated heterocycles. The van der Waals surface area contributed by atoms with Gasteiger partial charge in [-0.1, -0.05) is 146 Å². The van der Waals surface area contributed by atoms with E-state index in [9.17, 15) is 0 Å². The van der Waals surface area contributed by atoms with E-state index in [-0.39, 0.29) is 0 Å². The lowest BCUT2D eigenvalue weighted by atomic mass is 10.0. The molecule has 0 spiro atoms. The van der Waals surface area contributed by atoms with Crippen LogP contribution in [0.15, 0.2) is 212 Å². The number of aromatic nitrogens is 3. The molecule has 0 aliphatic heterocycles. The van der Waals surface area contributed by atoms with Crippen molar-refractivity contribution in [3.05, 3.63) is 212 Å². The van der Waals surface area contributed by atoms with Crippen molar-refractivity contribution >= 4 is 65.4 Å². The van der Waals surface area contributed by atoms with Crippen LogP contribution >= 0.6 is 0 Å². The van der Waals surface area contributed by atoms with Crippen molar-refractivity contribution in [3.8, 4) is 39.3 Å². The molecule has 0 aliphatic carbocycles. The molecule has 0 atom stereocenters. The van der Waals surface area contributed by atoms with Crippen LogP contribution in [0.3, 0.4) is 0 Å². The molecule has 0 fully saturated rings. The van der Waals surface area contributed by atoms with Gasteiger partial charge in [-0.3, -0.25) is 0 Å². The Labute approximate surface area is 329 Å². The molecule has 0 N–H and O–H groups in total. The summed E-state index contributed by atoms with van der Waals surface area (Å²) in [6, 6.07) is 77.4. The second-order valence-electron chi connectivity index (χ2n) is 14.9. The zero-order valence-electron chi connectivity index (χ0n) is 31.0. The minimum absolute atomic E-state index is 1.15. The zero-order chi connectivity index (χ0) is 37.5. The third-order valence-electron chi connectivity index (χ3n) is 11.8. The first-order chi connectivity index (χ1) is 28.3. The van der Waals surface area contributed by atoms with Crippen molar-refractivity contribution in [1.29, 1.82) is 0 Å². The molecule has 3 aromatic heterocycles. The Balaban J connectivity index is 1.10. The molecule has 0 aliphatic rings. The Morgan fingerprint density at radius 1 is 0.263 bits per heavy atom. The quantitative estimate of drug-likeness (QED) is 0.168. The molecular formula is C54H35N3. The minimum atomic E-state index is 1.15. The topological polar surface area (TPSA) is 14.8 Å². The molecule has 12 rings (SSSR count). The van der Waals surface area contributed by atoms with Crippen molar-refractivity contribution in [1.82, 2.24) is 13.7 Å². The van der Waals surface area contributed by atoms with Crippen LogP contribution in [0.25, 0.3) is 105 Å². The highest BCUT2D eigenvalue weighted by Gasteiger charge is 2.22. The van der Waals surface area contributed by atoms with Gasteiger partial charge in [-0.05, 0) is 83.4 Å². The highest BCUT2D eigenvalue weighted by molar-refractivity contribution is 6.26. The molecule has 12 aromatic rings. The molecule has 0 saturated carbocycles. The third-order valence-corrected chi connectivity index (χ3v) is 11.8.